The fourth-order valence-electron chi connectivity index (χ4n) is 2.50. The Kier molecular flexibility index (Phi) is 4.24. The van der Waals surface area contributed by atoms with Gasteiger partial charge in [-0.15, -0.1) is 0 Å². The third kappa shape index (κ3) is 3.18. The van der Waals surface area contributed by atoms with E-state index < -0.39 is 0 Å². The molecular formula is C17H21ClN2O. The predicted octanol–water partition coefficient (Wildman–Crippen LogP) is 4.10. The molecule has 4 heteroatoms. The molecular weight excluding hydrogens is 284 g/mol. The highest BCUT2D eigenvalue weighted by molar-refractivity contribution is 6.32. The summed E-state index contributed by atoms with van der Waals surface area (Å²) >= 11 is 6.24. The highest BCUT2D eigenvalue weighted by atomic mass is 35.5. The highest BCUT2D eigenvalue weighted by Crippen LogP contribution is 2.28. The number of ketones is 1. The number of nitrogens with zero attached hydrogens (tertiary/aromatic N) is 2. The van der Waals surface area contributed by atoms with Crippen LogP contribution in [-0.4, -0.2) is 15.6 Å². The number of aromatic nitrogens is 2. The van der Waals surface area contributed by atoms with E-state index in [0.717, 1.165) is 22.5 Å². The van der Waals surface area contributed by atoms with Gasteiger partial charge in [-0.1, -0.05) is 56.6 Å². The molecule has 0 saturated heterocycles. The van der Waals surface area contributed by atoms with E-state index in [1.54, 1.807) is 4.68 Å². The van der Waals surface area contributed by atoms with E-state index in [0.29, 0.717) is 5.02 Å². The second-order valence-corrected chi connectivity index (χ2v) is 6.74. The molecule has 0 saturated carbocycles. The first-order valence-electron chi connectivity index (χ1n) is 7.02. The molecule has 0 aliphatic rings. The number of halogens is 1. The number of carbonyl (C=O) groups excluding carboxylic acids is 1. The summed E-state index contributed by atoms with van der Waals surface area (Å²) in [5, 5.41) is 4.84. The van der Waals surface area contributed by atoms with E-state index in [1.165, 1.54) is 0 Å². The van der Waals surface area contributed by atoms with Gasteiger partial charge in [0.25, 0.3) is 0 Å². The van der Waals surface area contributed by atoms with Crippen molar-refractivity contribution >= 4 is 17.4 Å². The summed E-state index contributed by atoms with van der Waals surface area (Å²) in [6.07, 6.45) is 0.267. The van der Waals surface area contributed by atoms with Crippen molar-refractivity contribution in [3.8, 4) is 0 Å². The third-order valence-electron chi connectivity index (χ3n) is 3.63. The normalized spacial score (nSPS) is 11.7. The summed E-state index contributed by atoms with van der Waals surface area (Å²) in [6, 6.07) is 7.78. The molecule has 0 unspecified atom stereocenters. The first kappa shape index (κ1) is 15.8. The summed E-state index contributed by atoms with van der Waals surface area (Å²) in [5.41, 5.74) is 3.28. The monoisotopic (exact) mass is 304 g/mol. The molecule has 112 valence electrons. The first-order valence-corrected chi connectivity index (χ1v) is 7.40. The summed E-state index contributed by atoms with van der Waals surface area (Å²) in [6.45, 7) is 8.18. The van der Waals surface area contributed by atoms with Crippen molar-refractivity contribution in [1.29, 1.82) is 0 Å². The Labute approximate surface area is 130 Å². The van der Waals surface area contributed by atoms with E-state index >= 15 is 0 Å². The average molecular weight is 305 g/mol. The smallest absolute Gasteiger partial charge is 0.169 e. The van der Waals surface area contributed by atoms with Crippen LogP contribution in [0.4, 0.5) is 0 Å². The van der Waals surface area contributed by atoms with Crippen molar-refractivity contribution in [2.45, 2.75) is 39.5 Å². The average Bonchev–Trinajstić information content (AvgIpc) is 2.64. The lowest BCUT2D eigenvalue weighted by Gasteiger charge is -2.22. The lowest BCUT2D eigenvalue weighted by Crippen LogP contribution is -2.18. The minimum absolute atomic E-state index is 0.0710. The number of benzene rings is 1. The van der Waals surface area contributed by atoms with Crippen molar-refractivity contribution in [3.63, 3.8) is 0 Å². The molecule has 0 N–H and O–H groups in total. The van der Waals surface area contributed by atoms with Gasteiger partial charge in [0.05, 0.1) is 22.8 Å². The largest absolute Gasteiger partial charge is 0.294 e. The summed E-state index contributed by atoms with van der Waals surface area (Å²) < 4.78 is 1.69. The van der Waals surface area contributed by atoms with Crippen LogP contribution in [0, 0.1) is 6.92 Å². The van der Waals surface area contributed by atoms with Gasteiger partial charge in [0, 0.05) is 12.6 Å². The maximum absolute atomic E-state index is 12.7. The van der Waals surface area contributed by atoms with Gasteiger partial charge in [-0.2, -0.15) is 5.10 Å². The van der Waals surface area contributed by atoms with E-state index in [-0.39, 0.29) is 17.6 Å². The maximum atomic E-state index is 12.7. The van der Waals surface area contributed by atoms with E-state index in [1.807, 2.05) is 38.2 Å². The minimum Gasteiger partial charge on any atom is -0.294 e. The van der Waals surface area contributed by atoms with Crippen LogP contribution in [0.1, 0.15) is 48.1 Å². The molecule has 1 aromatic carbocycles. The van der Waals surface area contributed by atoms with E-state index in [4.69, 9.17) is 11.6 Å². The Hall–Kier alpha value is -1.61. The van der Waals surface area contributed by atoms with E-state index in [2.05, 4.69) is 25.9 Å². The lowest BCUT2D eigenvalue weighted by molar-refractivity contribution is 0.0988. The molecule has 0 aliphatic heterocycles. The number of aryl methyl sites for hydroxylation is 2. The SMILES string of the molecule is Cc1nn(C)c(CC(=O)c2ccccc2C(C)(C)C)c1Cl. The zero-order chi connectivity index (χ0) is 15.8. The molecule has 0 spiro atoms. The fourth-order valence-corrected chi connectivity index (χ4v) is 2.73. The number of hydrogen-bond acceptors (Lipinski definition) is 2. The van der Waals surface area contributed by atoms with Crippen LogP contribution in [0.15, 0.2) is 24.3 Å². The van der Waals surface area contributed by atoms with Gasteiger partial charge in [0.1, 0.15) is 0 Å². The number of carbonyl (C=O) groups is 1. The molecule has 1 heterocycles. The van der Waals surface area contributed by atoms with Gasteiger partial charge in [0.2, 0.25) is 0 Å². The van der Waals surface area contributed by atoms with Gasteiger partial charge in [0.15, 0.2) is 5.78 Å². The third-order valence-corrected chi connectivity index (χ3v) is 4.12. The molecule has 21 heavy (non-hydrogen) atoms. The lowest BCUT2D eigenvalue weighted by atomic mass is 9.82. The molecule has 1 aromatic heterocycles. The van der Waals surface area contributed by atoms with Crippen LogP contribution < -0.4 is 0 Å². The van der Waals surface area contributed by atoms with Crippen molar-refractivity contribution < 1.29 is 4.79 Å². The van der Waals surface area contributed by atoms with Crippen LogP contribution in [0.3, 0.4) is 0 Å². The quantitative estimate of drug-likeness (QED) is 0.800. The van der Waals surface area contributed by atoms with E-state index in [9.17, 15) is 4.79 Å². The molecule has 0 fully saturated rings. The summed E-state index contributed by atoms with van der Waals surface area (Å²) in [7, 11) is 1.82. The molecule has 0 amide bonds. The Balaban J connectivity index is 2.38. The Morgan fingerprint density at radius 2 is 1.90 bits per heavy atom. The van der Waals surface area contributed by atoms with Crippen LogP contribution in [0.5, 0.6) is 0 Å². The molecule has 0 radical (unpaired) electrons. The Morgan fingerprint density at radius 3 is 2.43 bits per heavy atom. The van der Waals surface area contributed by atoms with Crippen LogP contribution in [0.2, 0.25) is 5.02 Å². The first-order chi connectivity index (χ1) is 9.71. The molecule has 0 aliphatic carbocycles. The number of rotatable bonds is 3. The van der Waals surface area contributed by atoms with Gasteiger partial charge >= 0.3 is 0 Å². The zero-order valence-electron chi connectivity index (χ0n) is 13.2. The minimum atomic E-state index is -0.0710. The topological polar surface area (TPSA) is 34.9 Å². The van der Waals surface area contributed by atoms with Crippen LogP contribution in [0.25, 0.3) is 0 Å². The molecule has 3 nitrogen and oxygen atoms in total. The molecule has 2 aromatic rings. The van der Waals surface area contributed by atoms with Gasteiger partial charge in [-0.05, 0) is 17.9 Å². The summed E-state index contributed by atoms with van der Waals surface area (Å²) in [5.74, 6) is 0.0745. The van der Waals surface area contributed by atoms with Crippen molar-refractivity contribution in [3.05, 3.63) is 51.8 Å². The molecule has 0 atom stereocenters. The standard InChI is InChI=1S/C17H21ClN2O/c1-11-16(18)14(20(5)19-11)10-15(21)12-8-6-7-9-13(12)17(2,3)4/h6-9H,10H2,1-5H3. The van der Waals surface area contributed by atoms with Gasteiger partial charge < -0.3 is 0 Å². The van der Waals surface area contributed by atoms with Gasteiger partial charge in [-0.3, -0.25) is 9.48 Å². The second-order valence-electron chi connectivity index (χ2n) is 6.37. The predicted molar refractivity (Wildman–Crippen MR) is 86.1 cm³/mol. The summed E-state index contributed by atoms with van der Waals surface area (Å²) in [4.78, 5) is 12.7. The Bertz CT molecular complexity index is 681. The molecule has 2 rings (SSSR count). The molecule has 0 bridgehead atoms. The van der Waals surface area contributed by atoms with Crippen LogP contribution >= 0.6 is 11.6 Å². The highest BCUT2D eigenvalue weighted by Gasteiger charge is 2.23. The van der Waals surface area contributed by atoms with Crippen LogP contribution in [-0.2, 0) is 18.9 Å². The Morgan fingerprint density at radius 1 is 1.29 bits per heavy atom. The number of hydrogen-bond donors (Lipinski definition) is 0. The fraction of sp³-hybridized carbons (Fsp3) is 0.412. The maximum Gasteiger partial charge on any atom is 0.169 e. The number of Topliss-reactive ketones (excluding diaryl/α,β-unsaturated/α-hetero) is 1. The van der Waals surface area contributed by atoms with Crippen molar-refractivity contribution in [1.82, 2.24) is 9.78 Å². The second kappa shape index (κ2) is 5.64. The van der Waals surface area contributed by atoms with Crippen molar-refractivity contribution in [2.24, 2.45) is 7.05 Å². The van der Waals surface area contributed by atoms with Crippen molar-refractivity contribution in [2.75, 3.05) is 0 Å². The van der Waals surface area contributed by atoms with Gasteiger partial charge in [-0.25, -0.2) is 0 Å². The zero-order valence-corrected chi connectivity index (χ0v) is 14.0.